The fraction of sp³-hybridized carbons (Fsp3) is 0. The lowest BCUT2D eigenvalue weighted by atomic mass is 9.33. The molecule has 0 N–H and O–H groups in total. The van der Waals surface area contributed by atoms with Crippen LogP contribution in [0, 0.1) is 0 Å². The van der Waals surface area contributed by atoms with Crippen LogP contribution in [-0.4, -0.2) is 6.71 Å². The highest BCUT2D eigenvalue weighted by molar-refractivity contribution is 7.26. The van der Waals surface area contributed by atoms with E-state index in [1.165, 1.54) is 97.4 Å². The lowest BCUT2D eigenvalue weighted by Gasteiger charge is -2.45. The topological polar surface area (TPSA) is 19.6 Å². The number of hydrogen-bond donors (Lipinski definition) is 0. The van der Waals surface area contributed by atoms with E-state index in [1.54, 1.807) is 0 Å². The Bertz CT molecular complexity index is 3930. The van der Waals surface area contributed by atoms with E-state index in [0.717, 1.165) is 39.0 Å². The second-order valence-electron chi connectivity index (χ2n) is 17.9. The molecule has 0 spiro atoms. The molecular formula is C62H37BN2OS. The molecule has 0 amide bonds. The van der Waals surface area contributed by atoms with Crippen molar-refractivity contribution < 1.29 is 4.42 Å². The standard InChI is InChI=1S/C62H37BN2OS/c1-3-16-38(17-4-1)44-32-30-40-20-7-9-22-42(40)59(44)64-50-26-15-27-51-58(50)63(48-34-36-53-56(61(48)64)46-24-11-13-28-52(46)66-53)49-35-37-55-57(47-25-12-14-29-54(47)67-55)62(49)65(51)60-43-23-10-8-21-41(43)31-33-45(60)39-18-5-2-6-19-39/h1-37H. The molecule has 13 aromatic rings. The number of para-hydroxylation sites is 1. The van der Waals surface area contributed by atoms with Crippen LogP contribution in [0.4, 0.5) is 34.1 Å². The average Bonchev–Trinajstić information content (AvgIpc) is 3.98. The van der Waals surface area contributed by atoms with Crippen molar-refractivity contribution in [3.63, 3.8) is 0 Å². The van der Waals surface area contributed by atoms with Crippen LogP contribution >= 0.6 is 11.3 Å². The van der Waals surface area contributed by atoms with Gasteiger partial charge in [-0.15, -0.1) is 11.3 Å². The Morgan fingerprint density at radius 3 is 1.51 bits per heavy atom. The molecular weight excluding hydrogens is 832 g/mol. The fourth-order valence-electron chi connectivity index (χ4n) is 11.7. The summed E-state index contributed by atoms with van der Waals surface area (Å²) in [6.45, 7) is -0.102. The lowest BCUT2D eigenvalue weighted by Crippen LogP contribution is -2.61. The van der Waals surface area contributed by atoms with Gasteiger partial charge in [0, 0.05) is 58.8 Å². The first-order chi connectivity index (χ1) is 33.3. The molecule has 0 bridgehead atoms. The number of thiophene rings is 1. The number of nitrogens with zero attached hydrogens (tertiary/aromatic N) is 2. The van der Waals surface area contributed by atoms with Crippen molar-refractivity contribution >= 4 is 132 Å². The predicted octanol–water partition coefficient (Wildman–Crippen LogP) is 15.7. The van der Waals surface area contributed by atoms with Gasteiger partial charge in [0.05, 0.1) is 28.1 Å². The van der Waals surface area contributed by atoms with Crippen molar-refractivity contribution in [1.29, 1.82) is 0 Å². The van der Waals surface area contributed by atoms with E-state index in [1.807, 2.05) is 11.3 Å². The van der Waals surface area contributed by atoms with Gasteiger partial charge in [0.15, 0.2) is 0 Å². The normalized spacial score (nSPS) is 13.0. The Morgan fingerprint density at radius 2 is 0.866 bits per heavy atom. The Labute approximate surface area is 391 Å². The van der Waals surface area contributed by atoms with Crippen LogP contribution in [0.15, 0.2) is 229 Å². The van der Waals surface area contributed by atoms with E-state index < -0.39 is 0 Å². The van der Waals surface area contributed by atoms with Gasteiger partial charge in [-0.1, -0.05) is 188 Å². The first kappa shape index (κ1) is 36.9. The molecule has 0 saturated carbocycles. The van der Waals surface area contributed by atoms with Crippen molar-refractivity contribution in [3.8, 4) is 22.3 Å². The van der Waals surface area contributed by atoms with Gasteiger partial charge >= 0.3 is 0 Å². The van der Waals surface area contributed by atoms with E-state index in [4.69, 9.17) is 4.42 Å². The van der Waals surface area contributed by atoms with Gasteiger partial charge in [0.2, 0.25) is 0 Å². The zero-order chi connectivity index (χ0) is 43.7. The summed E-state index contributed by atoms with van der Waals surface area (Å²) in [5.74, 6) is 0. The zero-order valence-electron chi connectivity index (χ0n) is 36.2. The van der Waals surface area contributed by atoms with Crippen LogP contribution in [-0.2, 0) is 0 Å². The van der Waals surface area contributed by atoms with Gasteiger partial charge in [-0.3, -0.25) is 0 Å². The van der Waals surface area contributed by atoms with Crippen LogP contribution in [0.1, 0.15) is 0 Å². The molecule has 4 heterocycles. The molecule has 0 unspecified atom stereocenters. The van der Waals surface area contributed by atoms with E-state index in [9.17, 15) is 0 Å². The van der Waals surface area contributed by atoms with Gasteiger partial charge in [0.1, 0.15) is 11.2 Å². The fourth-order valence-corrected chi connectivity index (χ4v) is 12.8. The van der Waals surface area contributed by atoms with Gasteiger partial charge in [-0.05, 0) is 74.7 Å². The van der Waals surface area contributed by atoms with Crippen LogP contribution in [0.2, 0.25) is 0 Å². The number of rotatable bonds is 4. The van der Waals surface area contributed by atoms with Crippen LogP contribution in [0.25, 0.3) is 85.9 Å². The maximum Gasteiger partial charge on any atom is 0.252 e. The van der Waals surface area contributed by atoms with E-state index in [2.05, 4.69) is 234 Å². The summed E-state index contributed by atoms with van der Waals surface area (Å²) in [4.78, 5) is 5.27. The van der Waals surface area contributed by atoms with Crippen molar-refractivity contribution in [1.82, 2.24) is 0 Å². The number of hydrogen-bond acceptors (Lipinski definition) is 4. The van der Waals surface area contributed by atoms with Crippen molar-refractivity contribution in [3.05, 3.63) is 224 Å². The molecule has 0 radical (unpaired) electrons. The van der Waals surface area contributed by atoms with Gasteiger partial charge in [-0.2, -0.15) is 0 Å². The first-order valence-corrected chi connectivity index (χ1v) is 23.9. The Kier molecular flexibility index (Phi) is 7.75. The molecule has 0 aliphatic carbocycles. The van der Waals surface area contributed by atoms with Gasteiger partial charge < -0.3 is 14.2 Å². The summed E-state index contributed by atoms with van der Waals surface area (Å²) in [7, 11) is 0. The number of fused-ring (bicyclic) bond motifs is 14. The summed E-state index contributed by atoms with van der Waals surface area (Å²) in [5.41, 5.74) is 17.4. The van der Waals surface area contributed by atoms with E-state index >= 15 is 0 Å². The monoisotopic (exact) mass is 868 g/mol. The second kappa shape index (κ2) is 14.1. The van der Waals surface area contributed by atoms with Gasteiger partial charge in [0.25, 0.3) is 6.71 Å². The van der Waals surface area contributed by atoms with E-state index in [-0.39, 0.29) is 6.71 Å². The minimum Gasteiger partial charge on any atom is -0.456 e. The minimum absolute atomic E-state index is 0.102. The quantitative estimate of drug-likeness (QED) is 0.164. The molecule has 0 fully saturated rings. The van der Waals surface area contributed by atoms with Crippen LogP contribution in [0.3, 0.4) is 0 Å². The lowest BCUT2D eigenvalue weighted by molar-refractivity contribution is 0.669. The summed E-state index contributed by atoms with van der Waals surface area (Å²) in [5, 5.41) is 9.61. The highest BCUT2D eigenvalue weighted by Crippen LogP contribution is 2.55. The first-order valence-electron chi connectivity index (χ1n) is 23.0. The molecule has 15 rings (SSSR count). The number of anilines is 6. The van der Waals surface area contributed by atoms with Crippen LogP contribution in [0.5, 0.6) is 0 Å². The molecule has 11 aromatic carbocycles. The maximum absolute atomic E-state index is 6.80. The maximum atomic E-state index is 6.80. The highest BCUT2D eigenvalue weighted by atomic mass is 32.1. The second-order valence-corrected chi connectivity index (χ2v) is 18.9. The highest BCUT2D eigenvalue weighted by Gasteiger charge is 2.46. The molecule has 0 atom stereocenters. The largest absolute Gasteiger partial charge is 0.456 e. The van der Waals surface area contributed by atoms with Crippen molar-refractivity contribution in [2.45, 2.75) is 0 Å². The molecule has 67 heavy (non-hydrogen) atoms. The molecule has 3 nitrogen and oxygen atoms in total. The third-order valence-corrected chi connectivity index (χ3v) is 15.5. The third-order valence-electron chi connectivity index (χ3n) is 14.4. The number of benzene rings is 11. The minimum atomic E-state index is -0.102. The van der Waals surface area contributed by atoms with Gasteiger partial charge in [-0.25, -0.2) is 0 Å². The zero-order valence-corrected chi connectivity index (χ0v) is 37.0. The predicted molar refractivity (Wildman–Crippen MR) is 287 cm³/mol. The molecule has 2 aromatic heterocycles. The molecule has 2 aliphatic heterocycles. The summed E-state index contributed by atoms with van der Waals surface area (Å²) >= 11 is 1.88. The summed E-state index contributed by atoms with van der Waals surface area (Å²) in [6.07, 6.45) is 0. The molecule has 5 heteroatoms. The summed E-state index contributed by atoms with van der Waals surface area (Å²) in [6, 6.07) is 82.9. The Balaban J connectivity index is 1.15. The summed E-state index contributed by atoms with van der Waals surface area (Å²) < 4.78 is 9.37. The van der Waals surface area contributed by atoms with Crippen molar-refractivity contribution in [2.24, 2.45) is 0 Å². The SMILES string of the molecule is c1ccc(-c2ccc3ccccc3c2N2c3cccc4c3B(c3ccc5oc6ccccc6c5c32)c2ccc3sc5ccccc5c3c2N4c2c(-c3ccccc3)ccc3ccccc23)cc1. The van der Waals surface area contributed by atoms with Crippen molar-refractivity contribution in [2.75, 3.05) is 9.80 Å². The molecule has 0 saturated heterocycles. The Hall–Kier alpha value is -8.38. The van der Waals surface area contributed by atoms with E-state index in [0.29, 0.717) is 0 Å². The number of furan rings is 1. The Morgan fingerprint density at radius 1 is 0.343 bits per heavy atom. The smallest absolute Gasteiger partial charge is 0.252 e. The average molecular weight is 869 g/mol. The molecule has 2 aliphatic rings. The van der Waals surface area contributed by atoms with Crippen LogP contribution < -0.4 is 26.2 Å². The molecule has 310 valence electrons. The third kappa shape index (κ3) is 5.17.